The fraction of sp³-hybridized carbons (Fsp3) is 0.312. The quantitative estimate of drug-likeness (QED) is 0.862. The smallest absolute Gasteiger partial charge is 0.126 e. The summed E-state index contributed by atoms with van der Waals surface area (Å²) < 4.78 is 0. The van der Waals surface area contributed by atoms with Gasteiger partial charge in [-0.25, -0.2) is 4.98 Å². The summed E-state index contributed by atoms with van der Waals surface area (Å²) in [5.41, 5.74) is 9.67. The van der Waals surface area contributed by atoms with Crippen molar-refractivity contribution in [3.05, 3.63) is 59.3 Å². The molecular formula is C16H21N3. The van der Waals surface area contributed by atoms with Crippen molar-refractivity contribution in [3.8, 4) is 0 Å². The Kier molecular flexibility index (Phi) is 4.53. The molecule has 1 heterocycles. The third-order valence-corrected chi connectivity index (χ3v) is 3.20. The van der Waals surface area contributed by atoms with Gasteiger partial charge in [0, 0.05) is 12.7 Å². The van der Waals surface area contributed by atoms with E-state index >= 15 is 0 Å². The average molecular weight is 255 g/mol. The zero-order valence-corrected chi connectivity index (χ0v) is 11.6. The third-order valence-electron chi connectivity index (χ3n) is 3.20. The lowest BCUT2D eigenvalue weighted by Gasteiger charge is -2.16. The minimum Gasteiger partial charge on any atom is -0.370 e. The highest BCUT2D eigenvalue weighted by Crippen LogP contribution is 2.23. The number of nitrogens with two attached hydrogens (primary N) is 1. The topological polar surface area (TPSA) is 50.9 Å². The van der Waals surface area contributed by atoms with Crippen molar-refractivity contribution in [2.45, 2.75) is 26.3 Å². The molecule has 0 saturated heterocycles. The highest BCUT2D eigenvalue weighted by molar-refractivity contribution is 5.43. The Labute approximate surface area is 114 Å². The zero-order valence-electron chi connectivity index (χ0n) is 11.6. The molecule has 3 nitrogen and oxygen atoms in total. The first-order valence-corrected chi connectivity index (χ1v) is 6.73. The number of benzene rings is 1. The van der Waals surface area contributed by atoms with Crippen molar-refractivity contribution in [3.63, 3.8) is 0 Å². The van der Waals surface area contributed by atoms with Gasteiger partial charge in [-0.3, -0.25) is 0 Å². The normalized spacial score (nSPS) is 12.2. The molecule has 3 heteroatoms. The van der Waals surface area contributed by atoms with E-state index in [-0.39, 0.29) is 6.04 Å². The highest BCUT2D eigenvalue weighted by atomic mass is 15.0. The monoisotopic (exact) mass is 255 g/mol. The van der Waals surface area contributed by atoms with Crippen molar-refractivity contribution in [1.29, 1.82) is 0 Å². The number of hydrogen-bond acceptors (Lipinski definition) is 3. The van der Waals surface area contributed by atoms with Crippen molar-refractivity contribution in [1.82, 2.24) is 4.98 Å². The van der Waals surface area contributed by atoms with E-state index in [2.05, 4.69) is 30.2 Å². The number of aromatic nitrogens is 1. The number of aryl methyl sites for hydroxylation is 1. The number of anilines is 1. The van der Waals surface area contributed by atoms with E-state index in [0.717, 1.165) is 29.9 Å². The van der Waals surface area contributed by atoms with Gasteiger partial charge in [-0.2, -0.15) is 0 Å². The van der Waals surface area contributed by atoms with Crippen LogP contribution in [0.2, 0.25) is 0 Å². The summed E-state index contributed by atoms with van der Waals surface area (Å²) >= 11 is 0. The Hall–Kier alpha value is -1.87. The molecule has 1 aromatic heterocycles. The second kappa shape index (κ2) is 6.34. The van der Waals surface area contributed by atoms with Gasteiger partial charge in [-0.15, -0.1) is 0 Å². The maximum absolute atomic E-state index is 6.31. The SMILES string of the molecule is CCCNc1cc(C)c(C(N)c2ccccc2)cn1. The number of nitrogens with one attached hydrogen (secondary N) is 1. The number of rotatable bonds is 5. The Balaban J connectivity index is 2.21. The highest BCUT2D eigenvalue weighted by Gasteiger charge is 2.12. The summed E-state index contributed by atoms with van der Waals surface area (Å²) in [6, 6.07) is 12.1. The molecule has 100 valence electrons. The maximum atomic E-state index is 6.31. The Morgan fingerprint density at radius 2 is 2.00 bits per heavy atom. The van der Waals surface area contributed by atoms with Gasteiger partial charge in [0.05, 0.1) is 6.04 Å². The number of pyridine rings is 1. The van der Waals surface area contributed by atoms with Crippen molar-refractivity contribution < 1.29 is 0 Å². The standard InChI is InChI=1S/C16H21N3/c1-3-9-18-15-10-12(2)14(11-19-15)16(17)13-7-5-4-6-8-13/h4-8,10-11,16H,3,9,17H2,1-2H3,(H,18,19). The van der Waals surface area contributed by atoms with E-state index < -0.39 is 0 Å². The van der Waals surface area contributed by atoms with Crippen LogP contribution in [0.15, 0.2) is 42.6 Å². The predicted molar refractivity (Wildman–Crippen MR) is 80.2 cm³/mol. The molecule has 0 radical (unpaired) electrons. The van der Waals surface area contributed by atoms with Crippen molar-refractivity contribution >= 4 is 5.82 Å². The average Bonchev–Trinajstić information content (AvgIpc) is 2.45. The first kappa shape index (κ1) is 13.6. The lowest BCUT2D eigenvalue weighted by atomic mass is 9.97. The number of hydrogen-bond donors (Lipinski definition) is 2. The molecular weight excluding hydrogens is 234 g/mol. The molecule has 0 spiro atoms. The molecule has 1 atom stereocenters. The van der Waals surface area contributed by atoms with Crippen LogP contribution in [0.25, 0.3) is 0 Å². The van der Waals surface area contributed by atoms with Crippen LogP contribution < -0.4 is 11.1 Å². The van der Waals surface area contributed by atoms with E-state index in [4.69, 9.17) is 5.73 Å². The summed E-state index contributed by atoms with van der Waals surface area (Å²) in [4.78, 5) is 4.43. The van der Waals surface area contributed by atoms with Crippen LogP contribution in [0.3, 0.4) is 0 Å². The Morgan fingerprint density at radius 3 is 2.63 bits per heavy atom. The molecule has 0 aliphatic rings. The molecule has 0 aliphatic heterocycles. The van der Waals surface area contributed by atoms with E-state index in [0.29, 0.717) is 0 Å². The fourth-order valence-corrected chi connectivity index (χ4v) is 2.08. The summed E-state index contributed by atoms with van der Waals surface area (Å²) in [5.74, 6) is 0.920. The molecule has 2 aromatic rings. The number of nitrogens with zero attached hydrogens (tertiary/aromatic N) is 1. The van der Waals surface area contributed by atoms with E-state index in [1.165, 1.54) is 5.56 Å². The van der Waals surface area contributed by atoms with Crippen LogP contribution in [0.1, 0.15) is 36.1 Å². The third kappa shape index (κ3) is 3.32. The summed E-state index contributed by atoms with van der Waals surface area (Å²) in [7, 11) is 0. The minimum absolute atomic E-state index is 0.117. The largest absolute Gasteiger partial charge is 0.370 e. The summed E-state index contributed by atoms with van der Waals surface area (Å²) in [5, 5.41) is 3.29. The maximum Gasteiger partial charge on any atom is 0.126 e. The Morgan fingerprint density at radius 1 is 1.26 bits per heavy atom. The van der Waals surface area contributed by atoms with E-state index in [1.54, 1.807) is 0 Å². The van der Waals surface area contributed by atoms with Crippen LogP contribution in [0.4, 0.5) is 5.82 Å². The van der Waals surface area contributed by atoms with Crippen LogP contribution in [0.5, 0.6) is 0 Å². The van der Waals surface area contributed by atoms with Gasteiger partial charge in [0.1, 0.15) is 5.82 Å². The van der Waals surface area contributed by atoms with Gasteiger partial charge >= 0.3 is 0 Å². The molecule has 0 fully saturated rings. The van der Waals surface area contributed by atoms with Gasteiger partial charge in [0.15, 0.2) is 0 Å². The van der Waals surface area contributed by atoms with Crippen LogP contribution >= 0.6 is 0 Å². The molecule has 0 bridgehead atoms. The van der Waals surface area contributed by atoms with E-state index in [9.17, 15) is 0 Å². The van der Waals surface area contributed by atoms with Gasteiger partial charge < -0.3 is 11.1 Å². The van der Waals surface area contributed by atoms with Crippen molar-refractivity contribution in [2.75, 3.05) is 11.9 Å². The minimum atomic E-state index is -0.117. The van der Waals surface area contributed by atoms with Gasteiger partial charge in [-0.1, -0.05) is 37.3 Å². The van der Waals surface area contributed by atoms with Gasteiger partial charge in [-0.05, 0) is 36.1 Å². The molecule has 1 unspecified atom stereocenters. The second-order valence-electron chi connectivity index (χ2n) is 4.74. The second-order valence-corrected chi connectivity index (χ2v) is 4.74. The first-order valence-electron chi connectivity index (χ1n) is 6.73. The fourth-order valence-electron chi connectivity index (χ4n) is 2.08. The Bertz CT molecular complexity index is 523. The van der Waals surface area contributed by atoms with Crippen molar-refractivity contribution in [2.24, 2.45) is 5.73 Å². The van der Waals surface area contributed by atoms with Gasteiger partial charge in [0.2, 0.25) is 0 Å². The summed E-state index contributed by atoms with van der Waals surface area (Å²) in [6.07, 6.45) is 2.97. The predicted octanol–water partition coefficient (Wildman–Crippen LogP) is 3.26. The lowest BCUT2D eigenvalue weighted by molar-refractivity contribution is 0.851. The first-order chi connectivity index (χ1) is 9.22. The molecule has 3 N–H and O–H groups in total. The molecule has 2 rings (SSSR count). The lowest BCUT2D eigenvalue weighted by Crippen LogP contribution is -2.14. The molecule has 19 heavy (non-hydrogen) atoms. The molecule has 0 saturated carbocycles. The van der Waals surface area contributed by atoms with Crippen LogP contribution in [-0.2, 0) is 0 Å². The van der Waals surface area contributed by atoms with Crippen LogP contribution in [0, 0.1) is 6.92 Å². The van der Waals surface area contributed by atoms with Crippen LogP contribution in [-0.4, -0.2) is 11.5 Å². The van der Waals surface area contributed by atoms with Gasteiger partial charge in [0.25, 0.3) is 0 Å². The molecule has 0 amide bonds. The summed E-state index contributed by atoms with van der Waals surface area (Å²) in [6.45, 7) is 5.16. The zero-order chi connectivity index (χ0) is 13.7. The molecule has 0 aliphatic carbocycles. The molecule has 1 aromatic carbocycles. The van der Waals surface area contributed by atoms with E-state index in [1.807, 2.05) is 36.5 Å².